The Bertz CT molecular complexity index is 892. The normalized spacial score (nSPS) is 11.5. The van der Waals surface area contributed by atoms with E-state index in [1.54, 1.807) is 24.4 Å². The molecule has 1 aromatic carbocycles. The Morgan fingerprint density at radius 1 is 1.00 bits per heavy atom. The lowest BCUT2D eigenvalue weighted by molar-refractivity contribution is 0.600. The van der Waals surface area contributed by atoms with Gasteiger partial charge in [-0.1, -0.05) is 18.2 Å². The van der Waals surface area contributed by atoms with Gasteiger partial charge in [0.15, 0.2) is 0 Å². The van der Waals surface area contributed by atoms with E-state index in [0.29, 0.717) is 11.2 Å². The molecule has 0 unspecified atom stereocenters. The molecule has 2 heterocycles. The van der Waals surface area contributed by atoms with Crippen molar-refractivity contribution >= 4 is 38.2 Å². The van der Waals surface area contributed by atoms with E-state index in [2.05, 4.69) is 19.7 Å². The number of anilines is 1. The molecule has 0 bridgehead atoms. The van der Waals surface area contributed by atoms with Crippen LogP contribution in [0, 0.1) is 0 Å². The molecule has 0 saturated carbocycles. The smallest absolute Gasteiger partial charge is 0.265 e. The van der Waals surface area contributed by atoms with E-state index in [1.807, 2.05) is 12.1 Å². The molecule has 3 aromatic rings. The molecule has 0 amide bonds. The summed E-state index contributed by atoms with van der Waals surface area (Å²) in [5.74, 6) is 0. The highest BCUT2D eigenvalue weighted by atomic mass is 35.5. The zero-order valence-electron chi connectivity index (χ0n) is 10.6. The summed E-state index contributed by atoms with van der Waals surface area (Å²) in [5, 5.41) is 0.825. The Kier molecular flexibility index (Phi) is 3.44. The van der Waals surface area contributed by atoms with E-state index in [1.165, 1.54) is 0 Å². The highest BCUT2D eigenvalue weighted by Gasteiger charge is 2.16. The second-order valence-electron chi connectivity index (χ2n) is 4.17. The van der Waals surface area contributed by atoms with Crippen molar-refractivity contribution in [3.8, 4) is 0 Å². The third-order valence-electron chi connectivity index (χ3n) is 2.78. The van der Waals surface area contributed by atoms with Gasteiger partial charge in [-0.3, -0.25) is 9.71 Å². The minimum Gasteiger partial charge on any atom is -0.277 e. The van der Waals surface area contributed by atoms with Gasteiger partial charge in [-0.05, 0) is 23.7 Å². The van der Waals surface area contributed by atoms with Crippen molar-refractivity contribution < 1.29 is 8.42 Å². The van der Waals surface area contributed by atoms with Crippen molar-refractivity contribution in [3.63, 3.8) is 0 Å². The van der Waals surface area contributed by atoms with E-state index >= 15 is 0 Å². The number of hydrogen-bond donors (Lipinski definition) is 1. The summed E-state index contributed by atoms with van der Waals surface area (Å²) in [4.78, 5) is 11.5. The number of fused-ring (bicyclic) bond motifs is 1. The number of halogens is 1. The molecule has 0 saturated heterocycles. The summed E-state index contributed by atoms with van der Waals surface area (Å²) in [6, 6.07) is 8.88. The maximum atomic E-state index is 12.3. The molecule has 6 nitrogen and oxygen atoms in total. The van der Waals surface area contributed by atoms with Gasteiger partial charge in [-0.25, -0.2) is 18.4 Å². The van der Waals surface area contributed by atoms with Crippen LogP contribution < -0.4 is 4.72 Å². The molecule has 21 heavy (non-hydrogen) atoms. The maximum absolute atomic E-state index is 12.3. The number of benzene rings is 1. The van der Waals surface area contributed by atoms with Crippen LogP contribution in [0.3, 0.4) is 0 Å². The predicted octanol–water partition coefficient (Wildman–Crippen LogP) is 2.48. The summed E-state index contributed by atoms with van der Waals surface area (Å²) in [5.41, 5.74) is 0.960. The number of para-hydroxylation sites is 1. The fraction of sp³-hybridized carbons (Fsp3) is 0. The van der Waals surface area contributed by atoms with Crippen molar-refractivity contribution in [2.24, 2.45) is 0 Å². The number of hydrogen-bond acceptors (Lipinski definition) is 5. The standard InChI is InChI=1S/C13H9ClN4O2S/c14-13-16-7-10(8-17-13)21(19,20)18-11-5-1-3-9-4-2-6-15-12(9)11/h1-8,18H. The molecular formula is C13H9ClN4O2S. The molecule has 2 aromatic heterocycles. The van der Waals surface area contributed by atoms with Crippen LogP contribution in [0.25, 0.3) is 10.9 Å². The monoisotopic (exact) mass is 320 g/mol. The van der Waals surface area contributed by atoms with Crippen LogP contribution >= 0.6 is 11.6 Å². The number of nitrogens with zero attached hydrogens (tertiary/aromatic N) is 3. The van der Waals surface area contributed by atoms with Gasteiger partial charge in [-0.2, -0.15) is 0 Å². The average Bonchev–Trinajstić information content (AvgIpc) is 2.48. The van der Waals surface area contributed by atoms with Gasteiger partial charge in [0.1, 0.15) is 4.90 Å². The SMILES string of the molecule is O=S(=O)(Nc1cccc2cccnc12)c1cnc(Cl)nc1. The fourth-order valence-corrected chi connectivity index (χ4v) is 2.88. The third kappa shape index (κ3) is 2.79. The molecule has 8 heteroatoms. The van der Waals surface area contributed by atoms with Crippen molar-refractivity contribution in [1.29, 1.82) is 0 Å². The number of aromatic nitrogens is 3. The van der Waals surface area contributed by atoms with Crippen LogP contribution in [-0.4, -0.2) is 23.4 Å². The highest BCUT2D eigenvalue weighted by Crippen LogP contribution is 2.23. The van der Waals surface area contributed by atoms with Gasteiger partial charge in [0.05, 0.1) is 23.6 Å². The number of pyridine rings is 1. The number of sulfonamides is 1. The van der Waals surface area contributed by atoms with Crippen LogP contribution in [0.2, 0.25) is 5.28 Å². The van der Waals surface area contributed by atoms with E-state index in [-0.39, 0.29) is 10.2 Å². The summed E-state index contributed by atoms with van der Waals surface area (Å²) < 4.78 is 27.1. The molecule has 0 aliphatic carbocycles. The Balaban J connectivity index is 2.03. The van der Waals surface area contributed by atoms with E-state index in [4.69, 9.17) is 11.6 Å². The average molecular weight is 321 g/mol. The van der Waals surface area contributed by atoms with Crippen molar-refractivity contribution in [2.45, 2.75) is 4.90 Å². The summed E-state index contributed by atoms with van der Waals surface area (Å²) in [6.07, 6.45) is 3.90. The first kappa shape index (κ1) is 13.7. The zero-order chi connectivity index (χ0) is 14.9. The number of rotatable bonds is 3. The minimum absolute atomic E-state index is 0.0132. The van der Waals surface area contributed by atoms with Crippen LogP contribution in [0.4, 0.5) is 5.69 Å². The summed E-state index contributed by atoms with van der Waals surface area (Å²) in [7, 11) is -3.80. The van der Waals surface area contributed by atoms with E-state index in [0.717, 1.165) is 17.8 Å². The third-order valence-corrected chi connectivity index (χ3v) is 4.30. The first-order valence-corrected chi connectivity index (χ1v) is 7.76. The lowest BCUT2D eigenvalue weighted by Gasteiger charge is -2.09. The van der Waals surface area contributed by atoms with E-state index in [9.17, 15) is 8.42 Å². The largest absolute Gasteiger partial charge is 0.277 e. The molecule has 0 radical (unpaired) electrons. The van der Waals surface area contributed by atoms with Gasteiger partial charge in [0, 0.05) is 11.6 Å². The molecule has 106 valence electrons. The molecule has 0 aliphatic rings. The van der Waals surface area contributed by atoms with Crippen molar-refractivity contribution in [2.75, 3.05) is 4.72 Å². The first-order chi connectivity index (χ1) is 10.1. The zero-order valence-corrected chi connectivity index (χ0v) is 12.1. The molecular weight excluding hydrogens is 312 g/mol. The lowest BCUT2D eigenvalue weighted by atomic mass is 10.2. The van der Waals surface area contributed by atoms with Crippen LogP contribution in [-0.2, 0) is 10.0 Å². The van der Waals surface area contributed by atoms with Gasteiger partial charge in [0.25, 0.3) is 10.0 Å². The summed E-state index contributed by atoms with van der Waals surface area (Å²) in [6.45, 7) is 0. The molecule has 0 atom stereocenters. The molecule has 0 fully saturated rings. The van der Waals surface area contributed by atoms with Gasteiger partial charge < -0.3 is 0 Å². The second-order valence-corrected chi connectivity index (χ2v) is 6.19. The lowest BCUT2D eigenvalue weighted by Crippen LogP contribution is -2.14. The Morgan fingerprint density at radius 2 is 1.71 bits per heavy atom. The maximum Gasteiger partial charge on any atom is 0.265 e. The van der Waals surface area contributed by atoms with Crippen LogP contribution in [0.15, 0.2) is 53.8 Å². The van der Waals surface area contributed by atoms with Gasteiger partial charge in [0.2, 0.25) is 5.28 Å². The molecule has 0 aliphatic heterocycles. The molecule has 1 N–H and O–H groups in total. The predicted molar refractivity (Wildman–Crippen MR) is 79.6 cm³/mol. The van der Waals surface area contributed by atoms with E-state index < -0.39 is 10.0 Å². The van der Waals surface area contributed by atoms with Crippen molar-refractivity contribution in [3.05, 3.63) is 54.2 Å². The van der Waals surface area contributed by atoms with Crippen LogP contribution in [0.5, 0.6) is 0 Å². The van der Waals surface area contributed by atoms with Gasteiger partial charge >= 0.3 is 0 Å². The Labute approximate surface area is 125 Å². The van der Waals surface area contributed by atoms with Crippen molar-refractivity contribution in [1.82, 2.24) is 15.0 Å². The fourth-order valence-electron chi connectivity index (χ4n) is 1.83. The molecule has 3 rings (SSSR count). The highest BCUT2D eigenvalue weighted by molar-refractivity contribution is 7.92. The quantitative estimate of drug-likeness (QED) is 0.749. The molecule has 0 spiro atoms. The number of nitrogens with one attached hydrogen (secondary N) is 1. The summed E-state index contributed by atoms with van der Waals surface area (Å²) >= 11 is 5.55. The van der Waals surface area contributed by atoms with Gasteiger partial charge in [-0.15, -0.1) is 0 Å². The Morgan fingerprint density at radius 3 is 2.48 bits per heavy atom. The second kappa shape index (κ2) is 5.27. The van der Waals surface area contributed by atoms with Crippen LogP contribution in [0.1, 0.15) is 0 Å². The Hall–Kier alpha value is -2.25. The topological polar surface area (TPSA) is 84.8 Å². The minimum atomic E-state index is -3.80. The first-order valence-electron chi connectivity index (χ1n) is 5.90.